The second-order valence-electron chi connectivity index (χ2n) is 12.9. The fourth-order valence-corrected chi connectivity index (χ4v) is 8.28. The van der Waals surface area contributed by atoms with Crippen LogP contribution in [0.3, 0.4) is 0 Å². The molecule has 1 aliphatic heterocycles. The molecule has 3 aromatic rings. The van der Waals surface area contributed by atoms with E-state index >= 15 is 0 Å². The molecule has 2 aliphatic rings. The molecule has 222 valence electrons. The molecule has 0 unspecified atom stereocenters. The van der Waals surface area contributed by atoms with Crippen LogP contribution in [-0.4, -0.2) is 55.1 Å². The van der Waals surface area contributed by atoms with Gasteiger partial charge in [0, 0.05) is 18.2 Å². The number of nitro groups is 1. The molecule has 2 fully saturated rings. The van der Waals surface area contributed by atoms with Crippen molar-refractivity contribution in [2.75, 3.05) is 25.2 Å². The van der Waals surface area contributed by atoms with Gasteiger partial charge < -0.3 is 18.6 Å². The maximum Gasteiger partial charge on any atom is 0.347 e. The number of ether oxygens (including phenoxy) is 1. The van der Waals surface area contributed by atoms with Gasteiger partial charge in [0.2, 0.25) is 0 Å². The lowest BCUT2D eigenvalue weighted by Crippen LogP contribution is -2.44. The SMILES string of the molecule is COC(=O)c1c(N2CCC[C@H]2CO[Si](C)(C)C(C)(C)C)sc(-c2ccc3c(c2)ncn3C2CCCCC2)c1[N+](=O)[O-]. The second kappa shape index (κ2) is 11.5. The van der Waals surface area contributed by atoms with Crippen LogP contribution < -0.4 is 4.90 Å². The number of carbonyl (C=O) groups is 1. The van der Waals surface area contributed by atoms with E-state index in [2.05, 4.69) is 48.3 Å². The molecular weight excluding hydrogens is 557 g/mol. The Morgan fingerprint density at radius 2 is 1.90 bits per heavy atom. The quantitative estimate of drug-likeness (QED) is 0.112. The van der Waals surface area contributed by atoms with E-state index in [1.165, 1.54) is 37.7 Å². The third-order valence-corrected chi connectivity index (χ3v) is 15.1. The van der Waals surface area contributed by atoms with Crippen LogP contribution in [0, 0.1) is 10.1 Å². The first kappa shape index (κ1) is 29.7. The van der Waals surface area contributed by atoms with Crippen molar-refractivity contribution in [1.29, 1.82) is 0 Å². The average Bonchev–Trinajstić information content (AvgIpc) is 3.67. The third-order valence-electron chi connectivity index (χ3n) is 9.32. The molecule has 1 atom stereocenters. The number of fused-ring (bicyclic) bond motifs is 1. The molecule has 0 radical (unpaired) electrons. The summed E-state index contributed by atoms with van der Waals surface area (Å²) in [4.78, 5) is 32.5. The minimum atomic E-state index is -1.99. The van der Waals surface area contributed by atoms with Gasteiger partial charge in [0.15, 0.2) is 13.9 Å². The summed E-state index contributed by atoms with van der Waals surface area (Å²) in [5.74, 6) is -0.687. The van der Waals surface area contributed by atoms with Gasteiger partial charge in [0.25, 0.3) is 0 Å². The standard InChI is InChI=1S/C30H42N4O5SSi/c1-30(2,3)41(5,6)39-18-22-13-10-16-32(22)28-25(29(35)38-4)26(34(36)37)27(40-28)20-14-15-24-23(17-20)31-19-33(24)21-11-8-7-9-12-21/h14-15,17,19,21-22H,7-13,16,18H2,1-6H3/t22-/m0/s1. The first-order valence-electron chi connectivity index (χ1n) is 14.7. The summed E-state index contributed by atoms with van der Waals surface area (Å²) in [5.41, 5.74) is 2.37. The number of esters is 1. The number of hydrogen-bond donors (Lipinski definition) is 0. The summed E-state index contributed by atoms with van der Waals surface area (Å²) in [6, 6.07) is 6.33. The Morgan fingerprint density at radius 1 is 1.17 bits per heavy atom. The number of aromatic nitrogens is 2. The van der Waals surface area contributed by atoms with E-state index in [0.717, 1.165) is 36.7 Å². The minimum absolute atomic E-state index is 0.0320. The van der Waals surface area contributed by atoms with E-state index in [1.54, 1.807) is 0 Å². The zero-order chi connectivity index (χ0) is 29.5. The van der Waals surface area contributed by atoms with Gasteiger partial charge in [0.05, 0.1) is 42.0 Å². The molecule has 3 heterocycles. The van der Waals surface area contributed by atoms with E-state index in [4.69, 9.17) is 9.16 Å². The molecule has 0 amide bonds. The van der Waals surface area contributed by atoms with E-state index in [-0.39, 0.29) is 22.3 Å². The van der Waals surface area contributed by atoms with Gasteiger partial charge in [-0.15, -0.1) is 11.3 Å². The number of imidazole rings is 1. The second-order valence-corrected chi connectivity index (χ2v) is 18.7. The molecule has 41 heavy (non-hydrogen) atoms. The van der Waals surface area contributed by atoms with Crippen LogP contribution in [0.25, 0.3) is 21.5 Å². The largest absolute Gasteiger partial charge is 0.465 e. The number of thiophene rings is 1. The summed E-state index contributed by atoms with van der Waals surface area (Å²) in [6.07, 6.45) is 9.74. The van der Waals surface area contributed by atoms with Crippen molar-refractivity contribution in [1.82, 2.24) is 9.55 Å². The lowest BCUT2D eigenvalue weighted by Gasteiger charge is -2.38. The lowest BCUT2D eigenvalue weighted by atomic mass is 9.95. The molecule has 0 bridgehead atoms. The number of benzene rings is 1. The van der Waals surface area contributed by atoms with Crippen molar-refractivity contribution in [2.24, 2.45) is 0 Å². The summed E-state index contributed by atoms with van der Waals surface area (Å²) in [7, 11) is -0.714. The third kappa shape index (κ3) is 5.68. The summed E-state index contributed by atoms with van der Waals surface area (Å²) < 4.78 is 13.9. The van der Waals surface area contributed by atoms with Gasteiger partial charge in [-0.25, -0.2) is 9.78 Å². The first-order chi connectivity index (χ1) is 19.4. The lowest BCUT2D eigenvalue weighted by molar-refractivity contribution is -0.384. The first-order valence-corrected chi connectivity index (χ1v) is 18.4. The van der Waals surface area contributed by atoms with Crippen molar-refractivity contribution in [3.8, 4) is 10.4 Å². The minimum Gasteiger partial charge on any atom is -0.465 e. The van der Waals surface area contributed by atoms with Crippen molar-refractivity contribution in [3.05, 3.63) is 40.2 Å². The van der Waals surface area contributed by atoms with Crippen LogP contribution in [0.1, 0.15) is 82.1 Å². The van der Waals surface area contributed by atoms with Crippen LogP contribution in [0.2, 0.25) is 18.1 Å². The molecule has 1 aliphatic carbocycles. The van der Waals surface area contributed by atoms with Gasteiger partial charge in [-0.1, -0.05) is 46.1 Å². The summed E-state index contributed by atoms with van der Waals surface area (Å²) in [5, 5.41) is 13.2. The maximum atomic E-state index is 13.1. The predicted molar refractivity (Wildman–Crippen MR) is 167 cm³/mol. The average molecular weight is 599 g/mol. The highest BCUT2D eigenvalue weighted by atomic mass is 32.1. The highest BCUT2D eigenvalue weighted by molar-refractivity contribution is 7.20. The Labute approximate surface area is 247 Å². The van der Waals surface area contributed by atoms with Crippen molar-refractivity contribution in [3.63, 3.8) is 0 Å². The van der Waals surface area contributed by atoms with Crippen LogP contribution >= 0.6 is 11.3 Å². The number of rotatable bonds is 8. The van der Waals surface area contributed by atoms with Crippen LogP contribution in [0.15, 0.2) is 24.5 Å². The highest BCUT2D eigenvalue weighted by Gasteiger charge is 2.41. The van der Waals surface area contributed by atoms with Gasteiger partial charge >= 0.3 is 11.7 Å². The van der Waals surface area contributed by atoms with Gasteiger partial charge in [-0.2, -0.15) is 0 Å². The Morgan fingerprint density at radius 3 is 2.56 bits per heavy atom. The normalized spacial score (nSPS) is 18.8. The number of hydrogen-bond acceptors (Lipinski definition) is 8. The van der Waals surface area contributed by atoms with Crippen molar-refractivity contribution < 1.29 is 18.9 Å². The monoisotopic (exact) mass is 598 g/mol. The van der Waals surface area contributed by atoms with E-state index in [0.29, 0.717) is 34.6 Å². The zero-order valence-corrected chi connectivity index (χ0v) is 26.9. The molecule has 0 spiro atoms. The smallest absolute Gasteiger partial charge is 0.347 e. The predicted octanol–water partition coefficient (Wildman–Crippen LogP) is 7.96. The highest BCUT2D eigenvalue weighted by Crippen LogP contribution is 2.49. The maximum absolute atomic E-state index is 13.1. The number of carbonyl (C=O) groups excluding carboxylic acids is 1. The Bertz CT molecular complexity index is 1440. The topological polar surface area (TPSA) is 99.7 Å². The Hall–Kier alpha value is -2.76. The molecular formula is C30H42N4O5SSi. The van der Waals surface area contributed by atoms with Crippen molar-refractivity contribution in [2.45, 2.75) is 95.9 Å². The van der Waals surface area contributed by atoms with Gasteiger partial charge in [0.1, 0.15) is 9.88 Å². The number of anilines is 1. The zero-order valence-electron chi connectivity index (χ0n) is 25.1. The molecule has 9 nitrogen and oxygen atoms in total. The molecule has 1 aromatic carbocycles. The van der Waals surface area contributed by atoms with Gasteiger partial charge in [-0.05, 0) is 55.9 Å². The number of nitrogens with zero attached hydrogens (tertiary/aromatic N) is 4. The van der Waals surface area contributed by atoms with E-state index in [1.807, 2.05) is 24.5 Å². The van der Waals surface area contributed by atoms with E-state index < -0.39 is 19.2 Å². The Balaban J connectivity index is 1.54. The van der Waals surface area contributed by atoms with Crippen LogP contribution in [-0.2, 0) is 9.16 Å². The molecule has 11 heteroatoms. The van der Waals surface area contributed by atoms with Crippen LogP contribution in [0.4, 0.5) is 10.7 Å². The summed E-state index contributed by atoms with van der Waals surface area (Å²) >= 11 is 1.30. The molecule has 1 saturated heterocycles. The molecule has 2 aromatic heterocycles. The molecule has 5 rings (SSSR count). The fourth-order valence-electron chi connectivity index (χ4n) is 5.89. The summed E-state index contributed by atoms with van der Waals surface area (Å²) in [6.45, 7) is 12.3. The van der Waals surface area contributed by atoms with Gasteiger partial charge in [-0.3, -0.25) is 10.1 Å². The molecule has 1 saturated carbocycles. The fraction of sp³-hybridized carbons (Fsp3) is 0.600. The van der Waals surface area contributed by atoms with Crippen LogP contribution in [0.5, 0.6) is 0 Å². The Kier molecular flexibility index (Phi) is 8.33. The molecule has 0 N–H and O–H groups in total. The van der Waals surface area contributed by atoms with Crippen molar-refractivity contribution >= 4 is 47.3 Å². The number of methoxy groups -OCH3 is 1. The van der Waals surface area contributed by atoms with E-state index in [9.17, 15) is 14.9 Å².